The van der Waals surface area contributed by atoms with Crippen molar-refractivity contribution in [3.05, 3.63) is 59.7 Å². The highest BCUT2D eigenvalue weighted by Gasteiger charge is 2.10. The largest absolute Gasteiger partial charge is 0.506 e. The highest BCUT2D eigenvalue weighted by Crippen LogP contribution is 2.20. The van der Waals surface area contributed by atoms with E-state index in [-0.39, 0.29) is 5.75 Å². The minimum Gasteiger partial charge on any atom is -0.506 e. The zero-order valence-electron chi connectivity index (χ0n) is 10.9. The topological polar surface area (TPSA) is 72.0 Å². The third-order valence-corrected chi connectivity index (χ3v) is 2.92. The average molecular weight is 267 g/mol. The molecule has 1 aromatic carbocycles. The molecule has 1 N–H and O–H groups in total. The Morgan fingerprint density at radius 2 is 1.95 bits per heavy atom. The molecule has 2 aromatic heterocycles. The maximum absolute atomic E-state index is 9.39. The van der Waals surface area contributed by atoms with Gasteiger partial charge in [0.05, 0.1) is 11.8 Å². The number of benzene rings is 1. The number of rotatable bonds is 3. The van der Waals surface area contributed by atoms with Gasteiger partial charge in [0.1, 0.15) is 5.75 Å². The molecular formula is C15H13N3O2. The Balaban J connectivity index is 1.82. The number of hydrogen-bond acceptors (Lipinski definition) is 5. The molecule has 20 heavy (non-hydrogen) atoms. The van der Waals surface area contributed by atoms with E-state index in [1.807, 2.05) is 19.1 Å². The van der Waals surface area contributed by atoms with Gasteiger partial charge < -0.3 is 9.63 Å². The molecule has 0 unspecified atom stereocenters. The van der Waals surface area contributed by atoms with Crippen molar-refractivity contribution in [1.29, 1.82) is 0 Å². The monoisotopic (exact) mass is 267 g/mol. The van der Waals surface area contributed by atoms with Gasteiger partial charge in [-0.3, -0.25) is 4.98 Å². The Labute approximate surface area is 115 Å². The molecule has 0 aliphatic rings. The van der Waals surface area contributed by atoms with Gasteiger partial charge in [-0.2, -0.15) is 4.98 Å². The van der Waals surface area contributed by atoms with E-state index in [0.717, 1.165) is 5.56 Å². The quantitative estimate of drug-likeness (QED) is 0.790. The summed E-state index contributed by atoms with van der Waals surface area (Å²) < 4.78 is 5.19. The van der Waals surface area contributed by atoms with Gasteiger partial charge in [-0.05, 0) is 18.6 Å². The second-order valence-corrected chi connectivity index (χ2v) is 4.61. The third kappa shape index (κ3) is 2.66. The minimum absolute atomic E-state index is 0.0702. The first-order valence-electron chi connectivity index (χ1n) is 6.23. The molecule has 0 amide bonds. The Bertz CT molecular complexity index is 720. The van der Waals surface area contributed by atoms with Gasteiger partial charge in [-0.1, -0.05) is 35.0 Å². The normalized spacial score (nSPS) is 10.7. The van der Waals surface area contributed by atoms with Gasteiger partial charge >= 0.3 is 0 Å². The highest BCUT2D eigenvalue weighted by atomic mass is 16.5. The zero-order chi connectivity index (χ0) is 13.9. The summed E-state index contributed by atoms with van der Waals surface area (Å²) in [7, 11) is 0. The second kappa shape index (κ2) is 5.13. The predicted molar refractivity (Wildman–Crippen MR) is 73.2 cm³/mol. The van der Waals surface area contributed by atoms with E-state index >= 15 is 0 Å². The van der Waals surface area contributed by atoms with Gasteiger partial charge in [0.2, 0.25) is 0 Å². The number of aryl methyl sites for hydroxylation is 1. The summed E-state index contributed by atoms with van der Waals surface area (Å²) in [6.07, 6.45) is 3.53. The first-order chi connectivity index (χ1) is 9.70. The van der Waals surface area contributed by atoms with E-state index in [2.05, 4.69) is 27.3 Å². The lowest BCUT2D eigenvalue weighted by molar-refractivity contribution is 0.423. The summed E-state index contributed by atoms with van der Waals surface area (Å²) in [4.78, 5) is 8.20. The standard InChI is InChI=1S/C15H13N3O2/c1-10-2-4-11(5-3-10)6-14-17-15(20-18-14)12-7-13(19)9-16-8-12/h2-5,7-9,19H,6H2,1H3. The van der Waals surface area contributed by atoms with Crippen molar-refractivity contribution in [3.63, 3.8) is 0 Å². The van der Waals surface area contributed by atoms with Crippen molar-refractivity contribution in [2.75, 3.05) is 0 Å². The molecule has 0 aliphatic carbocycles. The van der Waals surface area contributed by atoms with Crippen LogP contribution in [-0.2, 0) is 6.42 Å². The molecule has 0 bridgehead atoms. The van der Waals surface area contributed by atoms with Crippen LogP contribution in [-0.4, -0.2) is 20.2 Å². The van der Waals surface area contributed by atoms with E-state index < -0.39 is 0 Å². The van der Waals surface area contributed by atoms with Crippen LogP contribution >= 0.6 is 0 Å². The van der Waals surface area contributed by atoms with E-state index in [1.165, 1.54) is 17.8 Å². The summed E-state index contributed by atoms with van der Waals surface area (Å²) in [6, 6.07) is 9.73. The zero-order valence-corrected chi connectivity index (χ0v) is 10.9. The van der Waals surface area contributed by atoms with Crippen LogP contribution in [0.4, 0.5) is 0 Å². The van der Waals surface area contributed by atoms with E-state index in [9.17, 15) is 5.11 Å². The molecule has 100 valence electrons. The number of aromatic nitrogens is 3. The molecule has 0 fully saturated rings. The van der Waals surface area contributed by atoms with Crippen molar-refractivity contribution >= 4 is 0 Å². The summed E-state index contributed by atoms with van der Waals surface area (Å²) in [5.41, 5.74) is 2.94. The van der Waals surface area contributed by atoms with Crippen molar-refractivity contribution in [3.8, 4) is 17.2 Å². The number of aromatic hydroxyl groups is 1. The van der Waals surface area contributed by atoms with Crippen LogP contribution in [0.3, 0.4) is 0 Å². The Morgan fingerprint density at radius 3 is 2.70 bits per heavy atom. The van der Waals surface area contributed by atoms with Gasteiger partial charge in [0, 0.05) is 12.6 Å². The number of nitrogens with zero attached hydrogens (tertiary/aromatic N) is 3. The highest BCUT2D eigenvalue weighted by molar-refractivity contribution is 5.53. The van der Waals surface area contributed by atoms with Crippen LogP contribution in [0.15, 0.2) is 47.2 Å². The lowest BCUT2D eigenvalue weighted by Crippen LogP contribution is -1.90. The van der Waals surface area contributed by atoms with Gasteiger partial charge in [-0.15, -0.1) is 0 Å². The van der Waals surface area contributed by atoms with Crippen LogP contribution in [0.5, 0.6) is 5.75 Å². The molecular weight excluding hydrogens is 254 g/mol. The van der Waals surface area contributed by atoms with E-state index in [0.29, 0.717) is 23.7 Å². The molecule has 3 aromatic rings. The third-order valence-electron chi connectivity index (χ3n) is 2.92. The van der Waals surface area contributed by atoms with Crippen LogP contribution in [0, 0.1) is 6.92 Å². The smallest absolute Gasteiger partial charge is 0.259 e. The van der Waals surface area contributed by atoms with Crippen LogP contribution in [0.25, 0.3) is 11.5 Å². The van der Waals surface area contributed by atoms with Crippen LogP contribution in [0.1, 0.15) is 17.0 Å². The predicted octanol–water partition coefficient (Wildman–Crippen LogP) is 2.74. The maximum atomic E-state index is 9.39. The Hall–Kier alpha value is -2.69. The SMILES string of the molecule is Cc1ccc(Cc2noc(-c3cncc(O)c3)n2)cc1. The van der Waals surface area contributed by atoms with Crippen molar-refractivity contribution in [1.82, 2.24) is 15.1 Å². The van der Waals surface area contributed by atoms with Crippen molar-refractivity contribution in [2.24, 2.45) is 0 Å². The molecule has 3 rings (SSSR count). The first kappa shape index (κ1) is 12.3. The fourth-order valence-corrected chi connectivity index (χ4v) is 1.88. The average Bonchev–Trinajstić information content (AvgIpc) is 2.90. The molecule has 2 heterocycles. The number of hydrogen-bond donors (Lipinski definition) is 1. The minimum atomic E-state index is 0.0702. The van der Waals surface area contributed by atoms with Crippen LogP contribution < -0.4 is 0 Å². The Kier molecular flexibility index (Phi) is 3.16. The van der Waals surface area contributed by atoms with E-state index in [4.69, 9.17) is 4.52 Å². The fraction of sp³-hybridized carbons (Fsp3) is 0.133. The molecule has 0 aliphatic heterocycles. The summed E-state index contributed by atoms with van der Waals surface area (Å²) in [6.45, 7) is 2.05. The lowest BCUT2D eigenvalue weighted by Gasteiger charge is -1.97. The van der Waals surface area contributed by atoms with Crippen LogP contribution in [0.2, 0.25) is 0 Å². The molecule has 0 radical (unpaired) electrons. The van der Waals surface area contributed by atoms with Gasteiger partial charge in [-0.25, -0.2) is 0 Å². The van der Waals surface area contributed by atoms with Crippen molar-refractivity contribution in [2.45, 2.75) is 13.3 Å². The molecule has 0 saturated heterocycles. The molecule has 5 nitrogen and oxygen atoms in total. The lowest BCUT2D eigenvalue weighted by atomic mass is 10.1. The van der Waals surface area contributed by atoms with Gasteiger partial charge in [0.25, 0.3) is 5.89 Å². The molecule has 0 spiro atoms. The molecule has 5 heteroatoms. The maximum Gasteiger partial charge on any atom is 0.259 e. The summed E-state index contributed by atoms with van der Waals surface area (Å²) in [5, 5.41) is 13.3. The number of pyridine rings is 1. The molecule has 0 saturated carbocycles. The first-order valence-corrected chi connectivity index (χ1v) is 6.23. The summed E-state index contributed by atoms with van der Waals surface area (Å²) in [5.74, 6) is 1.03. The molecule has 0 atom stereocenters. The fourth-order valence-electron chi connectivity index (χ4n) is 1.88. The second-order valence-electron chi connectivity index (χ2n) is 4.61. The Morgan fingerprint density at radius 1 is 1.15 bits per heavy atom. The van der Waals surface area contributed by atoms with Gasteiger partial charge in [0.15, 0.2) is 5.82 Å². The van der Waals surface area contributed by atoms with E-state index in [1.54, 1.807) is 6.20 Å². The van der Waals surface area contributed by atoms with Crippen molar-refractivity contribution < 1.29 is 9.63 Å². The summed E-state index contributed by atoms with van der Waals surface area (Å²) >= 11 is 0.